The molecule has 1 fully saturated rings. The first kappa shape index (κ1) is 15.4. The van der Waals surface area contributed by atoms with Crippen LogP contribution in [0.25, 0.3) is 0 Å². The third kappa shape index (κ3) is 3.79. The van der Waals surface area contributed by atoms with Gasteiger partial charge in [0, 0.05) is 11.7 Å². The molecule has 1 aliphatic heterocycles. The maximum absolute atomic E-state index is 12.7. The molecule has 112 valence electrons. The molecule has 1 heterocycles. The van der Waals surface area contributed by atoms with Gasteiger partial charge in [-0.25, -0.2) is 8.42 Å². The summed E-state index contributed by atoms with van der Waals surface area (Å²) in [6.07, 6.45) is -3.72. The number of benzene rings is 1. The maximum atomic E-state index is 12.7. The summed E-state index contributed by atoms with van der Waals surface area (Å²) in [5.41, 5.74) is -0.598. The van der Waals surface area contributed by atoms with Crippen molar-refractivity contribution in [3.63, 3.8) is 0 Å². The molecule has 8 heteroatoms. The lowest BCUT2D eigenvalue weighted by Crippen LogP contribution is -2.32. The second-order valence-corrected chi connectivity index (χ2v) is 7.47. The summed E-state index contributed by atoms with van der Waals surface area (Å²) in [5, 5.41) is 2.58. The molecule has 0 radical (unpaired) electrons. The van der Waals surface area contributed by atoms with Gasteiger partial charge in [0.25, 0.3) is 0 Å². The topological polar surface area (TPSA) is 46.2 Å². The number of alkyl halides is 3. The van der Waals surface area contributed by atoms with Crippen molar-refractivity contribution >= 4 is 27.1 Å². The average molecular weight is 328 g/mol. The molecule has 3 nitrogen and oxygen atoms in total. The molecule has 0 amide bonds. The van der Waals surface area contributed by atoms with Crippen molar-refractivity contribution in [2.45, 2.75) is 25.1 Å². The first-order valence-corrected chi connectivity index (χ1v) is 8.21. The van der Waals surface area contributed by atoms with E-state index in [9.17, 15) is 21.6 Å². The van der Waals surface area contributed by atoms with Crippen LogP contribution in [0.15, 0.2) is 18.2 Å². The highest BCUT2D eigenvalue weighted by Gasteiger charge is 2.33. The number of halogens is 4. The van der Waals surface area contributed by atoms with E-state index in [4.69, 9.17) is 11.6 Å². The van der Waals surface area contributed by atoms with E-state index < -0.39 is 21.6 Å². The SMILES string of the molecule is O=S1(=O)CCC(Nc2ccc(Cl)c(C(F)(F)F)c2)CC1. The summed E-state index contributed by atoms with van der Waals surface area (Å²) in [6, 6.07) is 3.46. The molecule has 2 rings (SSSR count). The van der Waals surface area contributed by atoms with E-state index in [1.165, 1.54) is 12.1 Å². The Balaban J connectivity index is 2.11. The number of sulfone groups is 1. The predicted octanol–water partition coefficient (Wildman–Crippen LogP) is 3.35. The van der Waals surface area contributed by atoms with Crippen LogP contribution >= 0.6 is 11.6 Å². The van der Waals surface area contributed by atoms with Crippen molar-refractivity contribution in [3.05, 3.63) is 28.8 Å². The molecule has 1 saturated heterocycles. The summed E-state index contributed by atoms with van der Waals surface area (Å²) in [4.78, 5) is 0. The highest BCUT2D eigenvalue weighted by molar-refractivity contribution is 7.91. The molecule has 0 atom stereocenters. The zero-order valence-electron chi connectivity index (χ0n) is 10.4. The van der Waals surface area contributed by atoms with Crippen LogP contribution in [0.3, 0.4) is 0 Å². The van der Waals surface area contributed by atoms with Crippen LogP contribution in [-0.4, -0.2) is 26.0 Å². The van der Waals surface area contributed by atoms with Crippen molar-refractivity contribution in [2.24, 2.45) is 0 Å². The zero-order valence-corrected chi connectivity index (χ0v) is 11.9. The maximum Gasteiger partial charge on any atom is 0.417 e. The van der Waals surface area contributed by atoms with Crippen LogP contribution in [0.1, 0.15) is 18.4 Å². The van der Waals surface area contributed by atoms with Crippen LogP contribution < -0.4 is 5.32 Å². The van der Waals surface area contributed by atoms with Crippen molar-refractivity contribution in [2.75, 3.05) is 16.8 Å². The second kappa shape index (κ2) is 5.44. The van der Waals surface area contributed by atoms with Gasteiger partial charge in [0.1, 0.15) is 9.84 Å². The fourth-order valence-corrected chi connectivity index (χ4v) is 3.82. The van der Waals surface area contributed by atoms with Crippen LogP contribution in [0.4, 0.5) is 18.9 Å². The van der Waals surface area contributed by atoms with Crippen molar-refractivity contribution < 1.29 is 21.6 Å². The highest BCUT2D eigenvalue weighted by atomic mass is 35.5. The smallest absolute Gasteiger partial charge is 0.382 e. The number of anilines is 1. The van der Waals surface area contributed by atoms with E-state index >= 15 is 0 Å². The van der Waals surface area contributed by atoms with E-state index in [0.717, 1.165) is 6.07 Å². The summed E-state index contributed by atoms with van der Waals surface area (Å²) < 4.78 is 60.7. The number of nitrogens with one attached hydrogen (secondary N) is 1. The van der Waals surface area contributed by atoms with Gasteiger partial charge in [0.2, 0.25) is 0 Å². The van der Waals surface area contributed by atoms with E-state index in [0.29, 0.717) is 18.5 Å². The number of hydrogen-bond donors (Lipinski definition) is 1. The van der Waals surface area contributed by atoms with Crippen LogP contribution in [0.5, 0.6) is 0 Å². The van der Waals surface area contributed by atoms with E-state index in [1.54, 1.807) is 0 Å². The third-order valence-electron chi connectivity index (χ3n) is 3.20. The van der Waals surface area contributed by atoms with Gasteiger partial charge in [-0.15, -0.1) is 0 Å². The molecule has 0 saturated carbocycles. The van der Waals surface area contributed by atoms with Crippen molar-refractivity contribution in [1.82, 2.24) is 0 Å². The normalized spacial score (nSPS) is 19.8. The van der Waals surface area contributed by atoms with Gasteiger partial charge < -0.3 is 5.32 Å². The lowest BCUT2D eigenvalue weighted by Gasteiger charge is -2.24. The lowest BCUT2D eigenvalue weighted by molar-refractivity contribution is -0.137. The molecule has 20 heavy (non-hydrogen) atoms. The lowest BCUT2D eigenvalue weighted by atomic mass is 10.1. The molecule has 1 N–H and O–H groups in total. The fourth-order valence-electron chi connectivity index (χ4n) is 2.10. The Morgan fingerprint density at radius 1 is 1.20 bits per heavy atom. The Hall–Kier alpha value is -0.950. The summed E-state index contributed by atoms with van der Waals surface area (Å²) >= 11 is 5.53. The van der Waals surface area contributed by atoms with E-state index in [2.05, 4.69) is 5.32 Å². The minimum absolute atomic E-state index is 0.0599. The molecular weight excluding hydrogens is 315 g/mol. The van der Waals surface area contributed by atoms with Gasteiger partial charge in [0.15, 0.2) is 0 Å². The predicted molar refractivity (Wildman–Crippen MR) is 71.8 cm³/mol. The zero-order chi connectivity index (χ0) is 15.0. The third-order valence-corrected chi connectivity index (χ3v) is 5.24. The first-order chi connectivity index (χ1) is 9.17. The molecule has 1 aliphatic rings. The molecule has 0 bridgehead atoms. The summed E-state index contributed by atoms with van der Waals surface area (Å²) in [6.45, 7) is 0. The molecular formula is C12H13ClF3NO2S. The van der Waals surface area contributed by atoms with Crippen LogP contribution in [0, 0.1) is 0 Å². The van der Waals surface area contributed by atoms with Gasteiger partial charge in [0.05, 0.1) is 22.1 Å². The van der Waals surface area contributed by atoms with Gasteiger partial charge in [-0.3, -0.25) is 0 Å². The summed E-state index contributed by atoms with van der Waals surface area (Å²) in [7, 11) is -2.99. The largest absolute Gasteiger partial charge is 0.417 e. The quantitative estimate of drug-likeness (QED) is 0.906. The van der Waals surface area contributed by atoms with Crippen molar-refractivity contribution in [1.29, 1.82) is 0 Å². The average Bonchev–Trinajstić information content (AvgIpc) is 2.33. The highest BCUT2D eigenvalue weighted by Crippen LogP contribution is 2.36. The first-order valence-electron chi connectivity index (χ1n) is 6.01. The standard InChI is InChI=1S/C12H13ClF3NO2S/c13-11-2-1-9(7-10(11)12(14,15)16)17-8-3-5-20(18,19)6-4-8/h1-2,7-8,17H,3-6H2. The molecule has 0 aliphatic carbocycles. The Labute approximate surface area is 120 Å². The van der Waals surface area contributed by atoms with E-state index in [-0.39, 0.29) is 22.6 Å². The number of hydrogen-bond acceptors (Lipinski definition) is 3. The Morgan fingerprint density at radius 3 is 2.35 bits per heavy atom. The molecule has 1 aromatic carbocycles. The van der Waals surface area contributed by atoms with Crippen LogP contribution in [0.2, 0.25) is 5.02 Å². The van der Waals surface area contributed by atoms with Crippen molar-refractivity contribution in [3.8, 4) is 0 Å². The minimum Gasteiger partial charge on any atom is -0.382 e. The minimum atomic E-state index is -4.51. The monoisotopic (exact) mass is 327 g/mol. The fraction of sp³-hybridized carbons (Fsp3) is 0.500. The van der Waals surface area contributed by atoms with Gasteiger partial charge in [-0.1, -0.05) is 11.6 Å². The Bertz CT molecular complexity index is 587. The molecule has 0 spiro atoms. The Kier molecular flexibility index (Phi) is 4.20. The summed E-state index contributed by atoms with van der Waals surface area (Å²) in [5.74, 6) is 0.120. The molecule has 1 aromatic rings. The van der Waals surface area contributed by atoms with Crippen LogP contribution in [-0.2, 0) is 16.0 Å². The van der Waals surface area contributed by atoms with E-state index in [1.807, 2.05) is 0 Å². The van der Waals surface area contributed by atoms with Gasteiger partial charge in [-0.05, 0) is 31.0 Å². The van der Waals surface area contributed by atoms with Gasteiger partial charge >= 0.3 is 6.18 Å². The molecule has 0 aromatic heterocycles. The van der Waals surface area contributed by atoms with Gasteiger partial charge in [-0.2, -0.15) is 13.2 Å². The molecule has 0 unspecified atom stereocenters. The second-order valence-electron chi connectivity index (χ2n) is 4.76. The Morgan fingerprint density at radius 2 is 1.80 bits per heavy atom. The number of rotatable bonds is 2.